The topological polar surface area (TPSA) is 50.7 Å². The number of hydrogen-bond donors (Lipinski definition) is 1. The summed E-state index contributed by atoms with van der Waals surface area (Å²) < 4.78 is 0. The normalized spacial score (nSPS) is 14.2. The Morgan fingerprint density at radius 1 is 1.50 bits per heavy atom. The van der Waals surface area contributed by atoms with Gasteiger partial charge in [-0.2, -0.15) is 0 Å². The SMILES string of the molecule is C/C=C\C(=NC)C(N)=NCCC. The lowest BCUT2D eigenvalue weighted by atomic mass is 10.3. The molecule has 0 aromatic rings. The van der Waals surface area contributed by atoms with Gasteiger partial charge in [0.15, 0.2) is 0 Å². The first kappa shape index (κ1) is 10.9. The second kappa shape index (κ2) is 6.58. The summed E-state index contributed by atoms with van der Waals surface area (Å²) in [7, 11) is 1.71. The molecule has 0 spiro atoms. The third-order valence-electron chi connectivity index (χ3n) is 1.33. The van der Waals surface area contributed by atoms with E-state index >= 15 is 0 Å². The molecule has 0 radical (unpaired) electrons. The number of allylic oxidation sites excluding steroid dienone is 1. The van der Waals surface area contributed by atoms with Crippen molar-refractivity contribution in [3.8, 4) is 0 Å². The van der Waals surface area contributed by atoms with Crippen molar-refractivity contribution in [1.82, 2.24) is 0 Å². The molecule has 3 heteroatoms. The maximum Gasteiger partial charge on any atom is 0.144 e. The summed E-state index contributed by atoms with van der Waals surface area (Å²) in [5.41, 5.74) is 6.42. The Labute approximate surface area is 74.1 Å². The first-order chi connectivity index (χ1) is 5.76. The molecule has 0 bridgehead atoms. The molecule has 0 aliphatic heterocycles. The fraction of sp³-hybridized carbons (Fsp3) is 0.556. The lowest BCUT2D eigenvalue weighted by Crippen LogP contribution is -2.22. The Morgan fingerprint density at radius 2 is 2.17 bits per heavy atom. The fourth-order valence-electron chi connectivity index (χ4n) is 0.746. The minimum Gasteiger partial charge on any atom is -0.382 e. The highest BCUT2D eigenvalue weighted by Gasteiger charge is 1.96. The predicted octanol–water partition coefficient (Wildman–Crippen LogP) is 1.40. The summed E-state index contributed by atoms with van der Waals surface area (Å²) >= 11 is 0. The number of amidine groups is 1. The average Bonchev–Trinajstić information content (AvgIpc) is 2.10. The highest BCUT2D eigenvalue weighted by molar-refractivity contribution is 6.45. The molecule has 12 heavy (non-hydrogen) atoms. The molecule has 0 amide bonds. The Bertz CT molecular complexity index is 202. The van der Waals surface area contributed by atoms with Gasteiger partial charge < -0.3 is 5.73 Å². The monoisotopic (exact) mass is 167 g/mol. The minimum absolute atomic E-state index is 0.525. The molecule has 68 valence electrons. The number of hydrogen-bond acceptors (Lipinski definition) is 2. The molecule has 2 N–H and O–H groups in total. The second-order valence-electron chi connectivity index (χ2n) is 2.38. The van der Waals surface area contributed by atoms with Gasteiger partial charge >= 0.3 is 0 Å². The van der Waals surface area contributed by atoms with E-state index in [1.165, 1.54) is 0 Å². The van der Waals surface area contributed by atoms with Crippen LogP contribution in [0.25, 0.3) is 0 Å². The van der Waals surface area contributed by atoms with E-state index in [2.05, 4.69) is 16.9 Å². The third-order valence-corrected chi connectivity index (χ3v) is 1.33. The quantitative estimate of drug-likeness (QED) is 0.499. The van der Waals surface area contributed by atoms with Gasteiger partial charge in [0.2, 0.25) is 0 Å². The number of rotatable bonds is 4. The molecule has 0 aliphatic rings. The Hall–Kier alpha value is -1.12. The second-order valence-corrected chi connectivity index (χ2v) is 2.38. The zero-order chi connectivity index (χ0) is 9.40. The average molecular weight is 167 g/mol. The Balaban J connectivity index is 4.32. The van der Waals surface area contributed by atoms with Gasteiger partial charge in [-0.25, -0.2) is 0 Å². The van der Waals surface area contributed by atoms with Crippen LogP contribution in [0.3, 0.4) is 0 Å². The van der Waals surface area contributed by atoms with E-state index < -0.39 is 0 Å². The molecule has 0 unspecified atom stereocenters. The molecule has 0 aliphatic carbocycles. The van der Waals surface area contributed by atoms with Crippen molar-refractivity contribution in [3.05, 3.63) is 12.2 Å². The van der Waals surface area contributed by atoms with E-state index in [4.69, 9.17) is 5.73 Å². The third kappa shape index (κ3) is 3.91. The first-order valence-corrected chi connectivity index (χ1v) is 4.16. The van der Waals surface area contributed by atoms with E-state index in [0.717, 1.165) is 18.7 Å². The van der Waals surface area contributed by atoms with Crippen LogP contribution in [0.15, 0.2) is 22.1 Å². The molecule has 0 fully saturated rings. The molecule has 0 saturated carbocycles. The molecule has 0 rings (SSSR count). The largest absolute Gasteiger partial charge is 0.382 e. The summed E-state index contributed by atoms with van der Waals surface area (Å²) in [6, 6.07) is 0. The summed E-state index contributed by atoms with van der Waals surface area (Å²) in [6.45, 7) is 4.76. The van der Waals surface area contributed by atoms with Crippen LogP contribution in [-0.4, -0.2) is 25.1 Å². The number of nitrogens with two attached hydrogens (primary N) is 1. The fourth-order valence-corrected chi connectivity index (χ4v) is 0.746. The molecule has 0 heterocycles. The van der Waals surface area contributed by atoms with E-state index in [1.54, 1.807) is 7.05 Å². The van der Waals surface area contributed by atoms with E-state index in [-0.39, 0.29) is 0 Å². The van der Waals surface area contributed by atoms with Crippen molar-refractivity contribution >= 4 is 11.5 Å². The Kier molecular flexibility index (Phi) is 5.97. The van der Waals surface area contributed by atoms with Gasteiger partial charge in [0.25, 0.3) is 0 Å². The number of aliphatic imine (C=N–C) groups is 2. The van der Waals surface area contributed by atoms with Crippen LogP contribution in [0.4, 0.5) is 0 Å². The van der Waals surface area contributed by atoms with E-state index in [1.807, 2.05) is 19.1 Å². The molecule has 0 aromatic carbocycles. The zero-order valence-corrected chi connectivity index (χ0v) is 8.04. The van der Waals surface area contributed by atoms with Crippen LogP contribution in [-0.2, 0) is 0 Å². The van der Waals surface area contributed by atoms with Gasteiger partial charge in [0, 0.05) is 13.6 Å². The van der Waals surface area contributed by atoms with Crippen molar-refractivity contribution < 1.29 is 0 Å². The molecular formula is C9H17N3. The van der Waals surface area contributed by atoms with Gasteiger partial charge in [-0.1, -0.05) is 13.0 Å². The Morgan fingerprint density at radius 3 is 2.58 bits per heavy atom. The predicted molar refractivity (Wildman–Crippen MR) is 55.0 cm³/mol. The van der Waals surface area contributed by atoms with Gasteiger partial charge in [0.1, 0.15) is 5.84 Å². The smallest absolute Gasteiger partial charge is 0.144 e. The van der Waals surface area contributed by atoms with Gasteiger partial charge in [-0.15, -0.1) is 0 Å². The van der Waals surface area contributed by atoms with Crippen molar-refractivity contribution in [1.29, 1.82) is 0 Å². The maximum atomic E-state index is 5.67. The summed E-state index contributed by atoms with van der Waals surface area (Å²) in [5, 5.41) is 0. The standard InChI is InChI=1S/C9H17N3/c1-4-6-8(11-3)9(10)12-7-5-2/h4,6H,5,7H2,1-3H3,(H2,10,12)/b6-4-,11-8?. The van der Waals surface area contributed by atoms with Gasteiger partial charge in [0.05, 0.1) is 5.71 Å². The van der Waals surface area contributed by atoms with Crippen LogP contribution in [0, 0.1) is 0 Å². The first-order valence-electron chi connectivity index (χ1n) is 4.16. The van der Waals surface area contributed by atoms with Crippen LogP contribution in [0.2, 0.25) is 0 Å². The molecular weight excluding hydrogens is 150 g/mol. The lowest BCUT2D eigenvalue weighted by Gasteiger charge is -1.98. The van der Waals surface area contributed by atoms with Crippen LogP contribution < -0.4 is 5.73 Å². The lowest BCUT2D eigenvalue weighted by molar-refractivity contribution is 0.932. The van der Waals surface area contributed by atoms with Crippen molar-refractivity contribution in [2.75, 3.05) is 13.6 Å². The molecule has 0 saturated heterocycles. The summed E-state index contributed by atoms with van der Waals surface area (Å²) in [4.78, 5) is 8.15. The van der Waals surface area contributed by atoms with Crippen molar-refractivity contribution in [3.63, 3.8) is 0 Å². The molecule has 3 nitrogen and oxygen atoms in total. The highest BCUT2D eigenvalue weighted by atomic mass is 14.9. The molecule has 0 aromatic heterocycles. The highest BCUT2D eigenvalue weighted by Crippen LogP contribution is 1.85. The van der Waals surface area contributed by atoms with Crippen LogP contribution >= 0.6 is 0 Å². The zero-order valence-electron chi connectivity index (χ0n) is 8.04. The van der Waals surface area contributed by atoms with Crippen molar-refractivity contribution in [2.45, 2.75) is 20.3 Å². The molecule has 0 atom stereocenters. The van der Waals surface area contributed by atoms with Gasteiger partial charge in [-0.05, 0) is 19.4 Å². The van der Waals surface area contributed by atoms with Crippen LogP contribution in [0.5, 0.6) is 0 Å². The van der Waals surface area contributed by atoms with Crippen LogP contribution in [0.1, 0.15) is 20.3 Å². The van der Waals surface area contributed by atoms with Crippen molar-refractivity contribution in [2.24, 2.45) is 15.7 Å². The number of nitrogens with zero attached hydrogens (tertiary/aromatic N) is 2. The maximum absolute atomic E-state index is 5.67. The summed E-state index contributed by atoms with van der Waals surface area (Å²) in [6.07, 6.45) is 4.76. The minimum atomic E-state index is 0.525. The summed E-state index contributed by atoms with van der Waals surface area (Å²) in [5.74, 6) is 0.525. The van der Waals surface area contributed by atoms with E-state index in [9.17, 15) is 0 Å². The van der Waals surface area contributed by atoms with Gasteiger partial charge in [-0.3, -0.25) is 9.98 Å². The van der Waals surface area contributed by atoms with E-state index in [0.29, 0.717) is 5.84 Å².